The van der Waals surface area contributed by atoms with Crippen molar-refractivity contribution in [2.75, 3.05) is 7.05 Å². The molecule has 0 unspecified atom stereocenters. The zero-order chi connectivity index (χ0) is 11.5. The first kappa shape index (κ1) is 11.0. The highest BCUT2D eigenvalue weighted by molar-refractivity contribution is 5.78. The summed E-state index contributed by atoms with van der Waals surface area (Å²) >= 11 is 0. The molecule has 6 nitrogen and oxygen atoms in total. The molecule has 0 bridgehead atoms. The number of hydrogen-bond donors (Lipinski definition) is 0. The number of amides is 1. The summed E-state index contributed by atoms with van der Waals surface area (Å²) < 4.78 is 1.60. The first-order chi connectivity index (χ1) is 7.68. The van der Waals surface area contributed by atoms with E-state index in [4.69, 9.17) is 0 Å². The van der Waals surface area contributed by atoms with E-state index < -0.39 is 0 Å². The van der Waals surface area contributed by atoms with Gasteiger partial charge in [0.15, 0.2) is 5.82 Å². The van der Waals surface area contributed by atoms with Crippen LogP contribution < -0.4 is 0 Å². The predicted octanol–water partition coefficient (Wildman–Crippen LogP) is 0.359. The van der Waals surface area contributed by atoms with Crippen LogP contribution in [0.3, 0.4) is 0 Å². The van der Waals surface area contributed by atoms with Gasteiger partial charge in [-0.15, -0.1) is 5.10 Å². The summed E-state index contributed by atoms with van der Waals surface area (Å²) in [5.41, 5.74) is 0. The van der Waals surface area contributed by atoms with Gasteiger partial charge in [-0.25, -0.2) is 4.68 Å². The second kappa shape index (κ2) is 4.59. The molecule has 0 aliphatic heterocycles. The molecule has 1 amide bonds. The van der Waals surface area contributed by atoms with Gasteiger partial charge in [0, 0.05) is 20.0 Å². The maximum atomic E-state index is 12.0. The van der Waals surface area contributed by atoms with E-state index in [-0.39, 0.29) is 11.8 Å². The molecule has 6 heteroatoms. The van der Waals surface area contributed by atoms with Crippen molar-refractivity contribution in [3.63, 3.8) is 0 Å². The molecule has 0 spiro atoms. The van der Waals surface area contributed by atoms with E-state index in [1.165, 1.54) is 12.8 Å². The zero-order valence-corrected chi connectivity index (χ0v) is 9.76. The molecule has 1 aromatic heterocycles. The number of tetrazole rings is 1. The fourth-order valence-electron chi connectivity index (χ4n) is 2.16. The van der Waals surface area contributed by atoms with Gasteiger partial charge in [-0.1, -0.05) is 12.8 Å². The molecule has 1 saturated carbocycles. The molecule has 0 N–H and O–H groups in total. The van der Waals surface area contributed by atoms with E-state index in [0.29, 0.717) is 12.4 Å². The largest absolute Gasteiger partial charge is 0.338 e. The van der Waals surface area contributed by atoms with Crippen molar-refractivity contribution in [1.29, 1.82) is 0 Å². The van der Waals surface area contributed by atoms with Crippen LogP contribution in [0.1, 0.15) is 31.5 Å². The Balaban J connectivity index is 1.94. The third kappa shape index (κ3) is 2.20. The topological polar surface area (TPSA) is 63.9 Å². The highest BCUT2D eigenvalue weighted by atomic mass is 16.2. The summed E-state index contributed by atoms with van der Waals surface area (Å²) in [7, 11) is 3.60. The zero-order valence-electron chi connectivity index (χ0n) is 9.76. The average Bonchev–Trinajstić information content (AvgIpc) is 2.89. The molecule has 0 saturated heterocycles. The molecule has 1 aliphatic carbocycles. The molecule has 0 atom stereocenters. The quantitative estimate of drug-likeness (QED) is 0.742. The van der Waals surface area contributed by atoms with Crippen LogP contribution in [0.4, 0.5) is 0 Å². The highest BCUT2D eigenvalue weighted by Crippen LogP contribution is 2.26. The predicted molar refractivity (Wildman–Crippen MR) is 57.2 cm³/mol. The van der Waals surface area contributed by atoms with Gasteiger partial charge < -0.3 is 4.90 Å². The molecule has 1 heterocycles. The lowest BCUT2D eigenvalue weighted by Crippen LogP contribution is -2.32. The lowest BCUT2D eigenvalue weighted by molar-refractivity contribution is -0.134. The molecule has 0 radical (unpaired) electrons. The molecule has 1 fully saturated rings. The van der Waals surface area contributed by atoms with Crippen molar-refractivity contribution < 1.29 is 4.79 Å². The van der Waals surface area contributed by atoms with Gasteiger partial charge >= 0.3 is 0 Å². The summed E-state index contributed by atoms with van der Waals surface area (Å²) in [6.45, 7) is 0.485. The summed E-state index contributed by atoms with van der Waals surface area (Å²) in [6.07, 6.45) is 4.41. The Kier molecular flexibility index (Phi) is 3.17. The van der Waals surface area contributed by atoms with E-state index in [1.54, 1.807) is 16.6 Å². The minimum absolute atomic E-state index is 0.214. The SMILES string of the molecule is CN(Cc1nnnn1C)C(=O)C1CCCC1. The van der Waals surface area contributed by atoms with E-state index in [0.717, 1.165) is 12.8 Å². The third-order valence-corrected chi connectivity index (χ3v) is 3.17. The molecule has 16 heavy (non-hydrogen) atoms. The van der Waals surface area contributed by atoms with Crippen molar-refractivity contribution in [1.82, 2.24) is 25.1 Å². The molecule has 1 aromatic rings. The number of aryl methyl sites for hydroxylation is 1. The van der Waals surface area contributed by atoms with Gasteiger partial charge in [-0.3, -0.25) is 4.79 Å². The number of rotatable bonds is 3. The maximum absolute atomic E-state index is 12.0. The number of carbonyl (C=O) groups is 1. The number of hydrogen-bond acceptors (Lipinski definition) is 4. The van der Waals surface area contributed by atoms with Crippen molar-refractivity contribution in [2.45, 2.75) is 32.2 Å². The van der Waals surface area contributed by atoms with Gasteiger partial charge in [0.05, 0.1) is 6.54 Å². The van der Waals surface area contributed by atoms with Crippen molar-refractivity contribution in [2.24, 2.45) is 13.0 Å². The van der Waals surface area contributed by atoms with Gasteiger partial charge in [-0.2, -0.15) is 0 Å². The number of nitrogens with zero attached hydrogens (tertiary/aromatic N) is 5. The van der Waals surface area contributed by atoms with Gasteiger partial charge in [0.25, 0.3) is 0 Å². The Hall–Kier alpha value is -1.46. The van der Waals surface area contributed by atoms with Crippen LogP contribution in [0.2, 0.25) is 0 Å². The monoisotopic (exact) mass is 223 g/mol. The van der Waals surface area contributed by atoms with Crippen LogP contribution in [0.25, 0.3) is 0 Å². The van der Waals surface area contributed by atoms with Crippen molar-refractivity contribution in [3.05, 3.63) is 5.82 Å². The van der Waals surface area contributed by atoms with Crippen LogP contribution >= 0.6 is 0 Å². The fourth-order valence-corrected chi connectivity index (χ4v) is 2.16. The molecular formula is C10H17N5O. The van der Waals surface area contributed by atoms with Gasteiger partial charge in [-0.05, 0) is 23.3 Å². The van der Waals surface area contributed by atoms with Crippen LogP contribution in [-0.4, -0.2) is 38.1 Å². The van der Waals surface area contributed by atoms with Crippen LogP contribution in [0, 0.1) is 5.92 Å². The van der Waals surface area contributed by atoms with Crippen molar-refractivity contribution in [3.8, 4) is 0 Å². The Bertz CT molecular complexity index is 369. The van der Waals surface area contributed by atoms with E-state index >= 15 is 0 Å². The van der Waals surface area contributed by atoms with Crippen LogP contribution in [0.5, 0.6) is 0 Å². The first-order valence-electron chi connectivity index (χ1n) is 5.64. The van der Waals surface area contributed by atoms with Gasteiger partial charge in [0.1, 0.15) is 0 Å². The summed E-state index contributed by atoms with van der Waals surface area (Å²) in [4.78, 5) is 13.8. The normalized spacial score (nSPS) is 16.6. The smallest absolute Gasteiger partial charge is 0.225 e. The van der Waals surface area contributed by atoms with Crippen LogP contribution in [-0.2, 0) is 18.4 Å². The Morgan fingerprint density at radius 1 is 1.50 bits per heavy atom. The standard InChI is InChI=1S/C10H17N5O/c1-14(7-9-11-12-13-15(9)2)10(16)8-5-3-4-6-8/h8H,3-7H2,1-2H3. The summed E-state index contributed by atoms with van der Waals surface area (Å²) in [5.74, 6) is 1.15. The highest BCUT2D eigenvalue weighted by Gasteiger charge is 2.26. The molecule has 0 aromatic carbocycles. The summed E-state index contributed by atoms with van der Waals surface area (Å²) in [6, 6.07) is 0. The lowest BCUT2D eigenvalue weighted by Gasteiger charge is -2.19. The molecule has 88 valence electrons. The molecule has 1 aliphatic rings. The Morgan fingerprint density at radius 3 is 2.75 bits per heavy atom. The molecular weight excluding hydrogens is 206 g/mol. The minimum Gasteiger partial charge on any atom is -0.338 e. The van der Waals surface area contributed by atoms with Crippen LogP contribution in [0.15, 0.2) is 0 Å². The van der Waals surface area contributed by atoms with E-state index in [2.05, 4.69) is 15.5 Å². The average molecular weight is 223 g/mol. The number of carbonyl (C=O) groups excluding carboxylic acids is 1. The second-order valence-electron chi connectivity index (χ2n) is 4.39. The van der Waals surface area contributed by atoms with E-state index in [9.17, 15) is 4.79 Å². The Labute approximate surface area is 94.6 Å². The summed E-state index contributed by atoms with van der Waals surface area (Å²) in [5, 5.41) is 11.2. The van der Waals surface area contributed by atoms with Gasteiger partial charge in [0.2, 0.25) is 5.91 Å². The lowest BCUT2D eigenvalue weighted by atomic mass is 10.1. The molecule has 2 rings (SSSR count). The second-order valence-corrected chi connectivity index (χ2v) is 4.39. The van der Waals surface area contributed by atoms with E-state index in [1.807, 2.05) is 7.05 Å². The first-order valence-corrected chi connectivity index (χ1v) is 5.64. The Morgan fingerprint density at radius 2 is 2.19 bits per heavy atom. The maximum Gasteiger partial charge on any atom is 0.225 e. The van der Waals surface area contributed by atoms with Crippen molar-refractivity contribution >= 4 is 5.91 Å². The number of aromatic nitrogens is 4. The fraction of sp³-hybridized carbons (Fsp3) is 0.800. The third-order valence-electron chi connectivity index (χ3n) is 3.17. The minimum atomic E-state index is 0.214.